The Hall–Kier alpha value is -4.25. The first kappa shape index (κ1) is 32.7. The van der Waals surface area contributed by atoms with Crippen LogP contribution in [0.25, 0.3) is 10.9 Å². The zero-order valence-electron chi connectivity index (χ0n) is 27.1. The molecular formula is C37H43FN4O5. The highest BCUT2D eigenvalue weighted by molar-refractivity contribution is 5.94. The molecule has 0 bridgehead atoms. The third-order valence-electron chi connectivity index (χ3n) is 9.23. The van der Waals surface area contributed by atoms with E-state index in [0.29, 0.717) is 37.4 Å². The van der Waals surface area contributed by atoms with Gasteiger partial charge in [0.05, 0.1) is 23.9 Å². The molecule has 1 aromatic heterocycles. The van der Waals surface area contributed by atoms with Gasteiger partial charge in [-0.2, -0.15) is 0 Å². The number of carbonyl (C=O) groups excluding carboxylic acids is 1. The lowest BCUT2D eigenvalue weighted by molar-refractivity contribution is 0.0470. The van der Waals surface area contributed by atoms with Gasteiger partial charge < -0.3 is 29.4 Å². The summed E-state index contributed by atoms with van der Waals surface area (Å²) in [6.45, 7) is 6.87. The van der Waals surface area contributed by atoms with Crippen molar-refractivity contribution in [1.29, 1.82) is 0 Å². The summed E-state index contributed by atoms with van der Waals surface area (Å²) < 4.78 is 34.7. The lowest BCUT2D eigenvalue weighted by Crippen LogP contribution is -2.47. The van der Waals surface area contributed by atoms with E-state index >= 15 is 4.39 Å². The summed E-state index contributed by atoms with van der Waals surface area (Å²) in [6, 6.07) is 18.5. The normalized spacial score (nSPS) is 16.0. The fraction of sp³-hybridized carbons (Fsp3) is 0.405. The number of hydrogen-bond donors (Lipinski definition) is 1. The SMILES string of the molecule is COC(CN)c1cccc(OCCCN2CCN(c3cc4c(cc3F)c(=O)c(C(=O)OCc3ccccc3)cn4C3CC3)CC2)c1C. The molecule has 10 heteroatoms. The van der Waals surface area contributed by atoms with Crippen molar-refractivity contribution in [2.75, 3.05) is 57.9 Å². The van der Waals surface area contributed by atoms with Crippen LogP contribution in [-0.4, -0.2) is 68.4 Å². The van der Waals surface area contributed by atoms with Gasteiger partial charge in [-0.3, -0.25) is 9.69 Å². The van der Waals surface area contributed by atoms with Crippen LogP contribution < -0.4 is 20.8 Å². The van der Waals surface area contributed by atoms with Crippen molar-refractivity contribution in [3.63, 3.8) is 0 Å². The molecule has 2 N–H and O–H groups in total. The van der Waals surface area contributed by atoms with Gasteiger partial charge in [-0.25, -0.2) is 9.18 Å². The van der Waals surface area contributed by atoms with Gasteiger partial charge in [0.15, 0.2) is 0 Å². The number of esters is 1. The molecule has 1 atom stereocenters. The number of anilines is 1. The van der Waals surface area contributed by atoms with Crippen LogP contribution in [-0.2, 0) is 16.1 Å². The molecule has 2 fully saturated rings. The van der Waals surface area contributed by atoms with Gasteiger partial charge in [-0.1, -0.05) is 42.5 Å². The number of piperazine rings is 1. The molecule has 1 unspecified atom stereocenters. The van der Waals surface area contributed by atoms with Crippen LogP contribution in [0.4, 0.5) is 10.1 Å². The van der Waals surface area contributed by atoms with Crippen molar-refractivity contribution >= 4 is 22.6 Å². The number of ether oxygens (including phenoxy) is 3. The number of nitrogens with zero attached hydrogens (tertiary/aromatic N) is 3. The topological polar surface area (TPSA) is 99.3 Å². The number of methoxy groups -OCH3 is 1. The summed E-state index contributed by atoms with van der Waals surface area (Å²) in [5.74, 6) is -0.317. The van der Waals surface area contributed by atoms with E-state index in [9.17, 15) is 9.59 Å². The average molecular weight is 643 g/mol. The van der Waals surface area contributed by atoms with Crippen LogP contribution >= 0.6 is 0 Å². The Labute approximate surface area is 274 Å². The monoisotopic (exact) mass is 642 g/mol. The summed E-state index contributed by atoms with van der Waals surface area (Å²) in [7, 11) is 1.66. The molecule has 2 aliphatic rings. The molecular weight excluding hydrogens is 599 g/mol. The molecule has 4 aromatic rings. The molecule has 1 aliphatic carbocycles. The van der Waals surface area contributed by atoms with Gasteiger partial charge in [-0.05, 0) is 61.1 Å². The largest absolute Gasteiger partial charge is 0.493 e. The molecule has 0 radical (unpaired) electrons. The summed E-state index contributed by atoms with van der Waals surface area (Å²) in [6.07, 6.45) is 4.19. The first-order valence-electron chi connectivity index (χ1n) is 16.4. The highest BCUT2D eigenvalue weighted by Gasteiger charge is 2.29. The number of fused-ring (bicyclic) bond motifs is 1. The fourth-order valence-corrected chi connectivity index (χ4v) is 6.37. The second-order valence-corrected chi connectivity index (χ2v) is 12.4. The highest BCUT2D eigenvalue weighted by Crippen LogP contribution is 2.38. The lowest BCUT2D eigenvalue weighted by atomic mass is 10.0. The van der Waals surface area contributed by atoms with E-state index in [1.54, 1.807) is 19.4 Å². The van der Waals surface area contributed by atoms with Crippen LogP contribution in [0.15, 0.2) is 71.7 Å². The van der Waals surface area contributed by atoms with Crippen LogP contribution in [0.5, 0.6) is 5.75 Å². The second-order valence-electron chi connectivity index (χ2n) is 12.4. The van der Waals surface area contributed by atoms with Crippen molar-refractivity contribution in [3.05, 3.63) is 105 Å². The quantitative estimate of drug-likeness (QED) is 0.153. The molecule has 0 amide bonds. The Kier molecular flexibility index (Phi) is 10.2. The zero-order valence-corrected chi connectivity index (χ0v) is 27.1. The molecule has 6 rings (SSSR count). The minimum absolute atomic E-state index is 0.0604. The fourth-order valence-electron chi connectivity index (χ4n) is 6.37. The van der Waals surface area contributed by atoms with Crippen molar-refractivity contribution in [3.8, 4) is 5.75 Å². The Balaban J connectivity index is 1.08. The Morgan fingerprint density at radius 2 is 1.81 bits per heavy atom. The Morgan fingerprint density at radius 1 is 1.04 bits per heavy atom. The second kappa shape index (κ2) is 14.7. The number of rotatable bonds is 13. The molecule has 1 saturated heterocycles. The molecule has 248 valence electrons. The molecule has 0 spiro atoms. The van der Waals surface area contributed by atoms with Crippen molar-refractivity contribution in [1.82, 2.24) is 9.47 Å². The van der Waals surface area contributed by atoms with Crippen molar-refractivity contribution < 1.29 is 23.4 Å². The molecule has 3 aromatic carbocycles. The number of pyridine rings is 1. The van der Waals surface area contributed by atoms with Crippen LogP contribution in [0.3, 0.4) is 0 Å². The number of aromatic nitrogens is 1. The van der Waals surface area contributed by atoms with Gasteiger partial charge in [0.25, 0.3) is 0 Å². The summed E-state index contributed by atoms with van der Waals surface area (Å²) >= 11 is 0. The van der Waals surface area contributed by atoms with Crippen molar-refractivity contribution in [2.24, 2.45) is 5.73 Å². The van der Waals surface area contributed by atoms with Gasteiger partial charge in [0.2, 0.25) is 5.43 Å². The summed E-state index contributed by atoms with van der Waals surface area (Å²) in [4.78, 5) is 30.8. The van der Waals surface area contributed by atoms with Gasteiger partial charge in [0, 0.05) is 64.0 Å². The van der Waals surface area contributed by atoms with Crippen molar-refractivity contribution in [2.45, 2.75) is 44.9 Å². The predicted molar refractivity (Wildman–Crippen MR) is 181 cm³/mol. The van der Waals surface area contributed by atoms with Gasteiger partial charge in [-0.15, -0.1) is 0 Å². The maximum absolute atomic E-state index is 15.6. The lowest BCUT2D eigenvalue weighted by Gasteiger charge is -2.36. The van der Waals surface area contributed by atoms with E-state index in [1.807, 2.05) is 64.9 Å². The molecule has 1 aliphatic heterocycles. The minimum atomic E-state index is -0.698. The van der Waals surface area contributed by atoms with E-state index in [4.69, 9.17) is 19.9 Å². The van der Waals surface area contributed by atoms with Gasteiger partial charge >= 0.3 is 5.97 Å². The Morgan fingerprint density at radius 3 is 2.51 bits per heavy atom. The third-order valence-corrected chi connectivity index (χ3v) is 9.23. The predicted octanol–water partition coefficient (Wildman–Crippen LogP) is 5.38. The summed E-state index contributed by atoms with van der Waals surface area (Å²) in [5, 5.41) is 0.201. The standard InChI is InChI=1S/C37H43FN4O5/c1-25-28(35(22-39)45-2)10-6-11-34(25)46-19-7-14-40-15-17-41(18-16-40)33-21-32-29(20-31(33)38)36(43)30(23-42(32)27-12-13-27)37(44)47-24-26-8-4-3-5-9-26/h3-6,8-11,20-21,23,27,35H,7,12-19,22,24,39H2,1-2H3. The van der Waals surface area contributed by atoms with E-state index < -0.39 is 17.2 Å². The molecule has 2 heterocycles. The van der Waals surface area contributed by atoms with Gasteiger partial charge in [0.1, 0.15) is 23.7 Å². The van der Waals surface area contributed by atoms with Crippen LogP contribution in [0.2, 0.25) is 0 Å². The highest BCUT2D eigenvalue weighted by atomic mass is 19.1. The zero-order chi connectivity index (χ0) is 32.9. The number of carbonyl (C=O) groups is 1. The average Bonchev–Trinajstić information content (AvgIpc) is 3.94. The van der Waals surface area contributed by atoms with E-state index in [1.165, 1.54) is 6.07 Å². The van der Waals surface area contributed by atoms with Crippen LogP contribution in [0, 0.1) is 12.7 Å². The first-order chi connectivity index (χ1) is 22.9. The first-order valence-corrected chi connectivity index (χ1v) is 16.4. The molecule has 1 saturated carbocycles. The van der Waals surface area contributed by atoms with E-state index in [-0.39, 0.29) is 29.7 Å². The number of halogens is 1. The number of hydrogen-bond acceptors (Lipinski definition) is 8. The minimum Gasteiger partial charge on any atom is -0.493 e. The number of nitrogens with two attached hydrogens (primary N) is 1. The third kappa shape index (κ3) is 7.35. The van der Waals surface area contributed by atoms with Crippen LogP contribution in [0.1, 0.15) is 58.5 Å². The summed E-state index contributed by atoms with van der Waals surface area (Å²) in [5.41, 5.74) is 9.33. The molecule has 9 nitrogen and oxygen atoms in total. The smallest absolute Gasteiger partial charge is 0.343 e. The Bertz CT molecular complexity index is 1760. The van der Waals surface area contributed by atoms with E-state index in [2.05, 4.69) is 4.90 Å². The number of benzene rings is 3. The maximum Gasteiger partial charge on any atom is 0.343 e. The maximum atomic E-state index is 15.6. The molecule has 47 heavy (non-hydrogen) atoms. The van der Waals surface area contributed by atoms with E-state index in [0.717, 1.165) is 61.3 Å².